The first kappa shape index (κ1) is 12.8. The van der Waals surface area contributed by atoms with Crippen molar-refractivity contribution in [2.24, 2.45) is 5.73 Å². The van der Waals surface area contributed by atoms with E-state index in [1.807, 2.05) is 6.92 Å². The number of rotatable bonds is 3. The Hall–Kier alpha value is -1.26. The molecule has 16 heavy (non-hydrogen) atoms. The Balaban J connectivity index is 3.21. The summed E-state index contributed by atoms with van der Waals surface area (Å²) < 4.78 is 5.18. The molecule has 5 heteroatoms. The number of benzene rings is 1. The highest BCUT2D eigenvalue weighted by Gasteiger charge is 2.15. The van der Waals surface area contributed by atoms with E-state index in [-0.39, 0.29) is 12.5 Å². The average molecular weight is 243 g/mol. The largest absolute Gasteiger partial charge is 0.495 e. The molecule has 1 amide bonds. The van der Waals surface area contributed by atoms with Crippen molar-refractivity contribution >= 4 is 23.2 Å². The zero-order valence-corrected chi connectivity index (χ0v) is 10.3. The van der Waals surface area contributed by atoms with E-state index >= 15 is 0 Å². The first-order chi connectivity index (χ1) is 7.51. The van der Waals surface area contributed by atoms with Gasteiger partial charge in [0.2, 0.25) is 5.91 Å². The Morgan fingerprint density at radius 2 is 2.19 bits per heavy atom. The van der Waals surface area contributed by atoms with Gasteiger partial charge in [0.05, 0.1) is 19.3 Å². The van der Waals surface area contributed by atoms with Gasteiger partial charge in [-0.1, -0.05) is 11.6 Å². The van der Waals surface area contributed by atoms with E-state index in [4.69, 9.17) is 22.1 Å². The summed E-state index contributed by atoms with van der Waals surface area (Å²) in [5, 5.41) is 0.606. The third-order valence-corrected chi connectivity index (χ3v) is 2.78. The summed E-state index contributed by atoms with van der Waals surface area (Å²) >= 11 is 5.97. The van der Waals surface area contributed by atoms with Crippen molar-refractivity contribution in [2.45, 2.75) is 6.92 Å². The molecule has 2 N–H and O–H groups in total. The van der Waals surface area contributed by atoms with Crippen LogP contribution >= 0.6 is 11.6 Å². The summed E-state index contributed by atoms with van der Waals surface area (Å²) in [6.45, 7) is 1.83. The van der Waals surface area contributed by atoms with E-state index in [9.17, 15) is 4.79 Å². The number of halogens is 1. The van der Waals surface area contributed by atoms with Crippen LogP contribution in [0.25, 0.3) is 0 Å². The second-order valence-electron chi connectivity index (χ2n) is 3.43. The fourth-order valence-corrected chi connectivity index (χ4v) is 1.50. The van der Waals surface area contributed by atoms with E-state index in [1.165, 1.54) is 12.0 Å². The number of anilines is 1. The van der Waals surface area contributed by atoms with Crippen molar-refractivity contribution in [3.8, 4) is 5.75 Å². The molecule has 88 valence electrons. The first-order valence-electron chi connectivity index (χ1n) is 4.82. The molecule has 1 aromatic carbocycles. The van der Waals surface area contributed by atoms with Crippen LogP contribution in [0, 0.1) is 6.92 Å². The molecule has 0 aliphatic heterocycles. The lowest BCUT2D eigenvalue weighted by molar-refractivity contribution is -0.117. The van der Waals surface area contributed by atoms with Gasteiger partial charge >= 0.3 is 0 Å². The molecule has 0 heterocycles. The number of ether oxygens (including phenoxy) is 1. The summed E-state index contributed by atoms with van der Waals surface area (Å²) in [4.78, 5) is 12.9. The van der Waals surface area contributed by atoms with Gasteiger partial charge in [-0.25, -0.2) is 0 Å². The van der Waals surface area contributed by atoms with E-state index < -0.39 is 0 Å². The highest BCUT2D eigenvalue weighted by molar-refractivity contribution is 6.31. The highest BCUT2D eigenvalue weighted by atomic mass is 35.5. The van der Waals surface area contributed by atoms with Crippen LogP contribution < -0.4 is 15.4 Å². The predicted molar refractivity (Wildman–Crippen MR) is 65.2 cm³/mol. The quantitative estimate of drug-likeness (QED) is 0.876. The van der Waals surface area contributed by atoms with Gasteiger partial charge in [0.1, 0.15) is 5.75 Å². The van der Waals surface area contributed by atoms with E-state index in [0.29, 0.717) is 16.5 Å². The smallest absolute Gasteiger partial charge is 0.240 e. The van der Waals surface area contributed by atoms with Gasteiger partial charge in [-0.05, 0) is 18.6 Å². The maximum atomic E-state index is 11.5. The molecule has 0 saturated carbocycles. The molecular formula is C11H15ClN2O2. The second kappa shape index (κ2) is 5.18. The molecule has 0 aliphatic carbocycles. The fraction of sp³-hybridized carbons (Fsp3) is 0.364. The Bertz CT molecular complexity index is 407. The molecule has 1 rings (SSSR count). The van der Waals surface area contributed by atoms with Gasteiger partial charge in [0.15, 0.2) is 0 Å². The number of nitrogens with two attached hydrogens (primary N) is 1. The summed E-state index contributed by atoms with van der Waals surface area (Å²) in [7, 11) is 3.19. The van der Waals surface area contributed by atoms with Crippen LogP contribution in [0.15, 0.2) is 12.1 Å². The summed E-state index contributed by atoms with van der Waals surface area (Å²) in [6.07, 6.45) is 0. The predicted octanol–water partition coefficient (Wildman–Crippen LogP) is 1.58. The summed E-state index contributed by atoms with van der Waals surface area (Å²) in [6, 6.07) is 3.49. The summed E-state index contributed by atoms with van der Waals surface area (Å²) in [5.74, 6) is 0.375. The van der Waals surface area contributed by atoms with Gasteiger partial charge in [0.25, 0.3) is 0 Å². The monoisotopic (exact) mass is 242 g/mol. The van der Waals surface area contributed by atoms with Gasteiger partial charge in [-0.2, -0.15) is 0 Å². The third kappa shape index (κ3) is 2.46. The number of carbonyl (C=O) groups is 1. The number of methoxy groups -OCH3 is 1. The lowest BCUT2D eigenvalue weighted by Gasteiger charge is -2.20. The van der Waals surface area contributed by atoms with Crippen molar-refractivity contribution in [3.63, 3.8) is 0 Å². The maximum absolute atomic E-state index is 11.5. The van der Waals surface area contributed by atoms with Crippen molar-refractivity contribution in [1.29, 1.82) is 0 Å². The molecule has 0 bridgehead atoms. The lowest BCUT2D eigenvalue weighted by atomic mass is 10.2. The molecule has 0 aromatic heterocycles. The number of hydrogen-bond acceptors (Lipinski definition) is 3. The Morgan fingerprint density at radius 3 is 2.69 bits per heavy atom. The summed E-state index contributed by atoms with van der Waals surface area (Å²) in [5.41, 5.74) is 6.86. The molecule has 0 atom stereocenters. The third-order valence-electron chi connectivity index (χ3n) is 2.37. The number of amides is 1. The standard InChI is InChI=1S/C11H15ClN2O2/c1-7-4-9(14(2)11(15)6-13)10(16-3)5-8(7)12/h4-5H,6,13H2,1-3H3. The highest BCUT2D eigenvalue weighted by Crippen LogP contribution is 2.33. The van der Waals surface area contributed by atoms with Crippen molar-refractivity contribution in [1.82, 2.24) is 0 Å². The average Bonchev–Trinajstić information content (AvgIpc) is 2.30. The van der Waals surface area contributed by atoms with Crippen LogP contribution in [0.4, 0.5) is 5.69 Å². The van der Waals surface area contributed by atoms with Crippen LogP contribution in [-0.2, 0) is 4.79 Å². The molecule has 0 spiro atoms. The Kier molecular flexibility index (Phi) is 4.15. The zero-order chi connectivity index (χ0) is 12.3. The molecule has 1 aromatic rings. The lowest BCUT2D eigenvalue weighted by Crippen LogP contribution is -2.32. The topological polar surface area (TPSA) is 55.6 Å². The number of carbonyl (C=O) groups excluding carboxylic acids is 1. The van der Waals surface area contributed by atoms with Gasteiger partial charge < -0.3 is 15.4 Å². The Labute approximate surface area is 99.9 Å². The van der Waals surface area contributed by atoms with Crippen LogP contribution in [0.5, 0.6) is 5.75 Å². The second-order valence-corrected chi connectivity index (χ2v) is 3.84. The molecule has 4 nitrogen and oxygen atoms in total. The van der Waals surface area contributed by atoms with Crippen molar-refractivity contribution < 1.29 is 9.53 Å². The normalized spacial score (nSPS) is 10.1. The first-order valence-corrected chi connectivity index (χ1v) is 5.19. The van der Waals surface area contributed by atoms with Crippen LogP contribution in [0.1, 0.15) is 5.56 Å². The molecule has 0 aliphatic rings. The number of likely N-dealkylation sites (N-methyl/N-ethyl adjacent to an activating group) is 1. The van der Waals surface area contributed by atoms with Crippen molar-refractivity contribution in [2.75, 3.05) is 25.6 Å². The van der Waals surface area contributed by atoms with E-state index in [1.54, 1.807) is 19.2 Å². The van der Waals surface area contributed by atoms with Crippen molar-refractivity contribution in [3.05, 3.63) is 22.7 Å². The zero-order valence-electron chi connectivity index (χ0n) is 9.58. The number of hydrogen-bond donors (Lipinski definition) is 1. The SMILES string of the molecule is COc1cc(Cl)c(C)cc1N(C)C(=O)CN. The van der Waals surface area contributed by atoms with Crippen LogP contribution in [-0.4, -0.2) is 26.6 Å². The minimum Gasteiger partial charge on any atom is -0.495 e. The van der Waals surface area contributed by atoms with E-state index in [2.05, 4.69) is 0 Å². The molecule has 0 radical (unpaired) electrons. The molecule has 0 saturated heterocycles. The molecular weight excluding hydrogens is 228 g/mol. The number of aryl methyl sites for hydroxylation is 1. The van der Waals surface area contributed by atoms with E-state index in [0.717, 1.165) is 5.56 Å². The fourth-order valence-electron chi connectivity index (χ4n) is 1.34. The van der Waals surface area contributed by atoms with Gasteiger partial charge in [0, 0.05) is 18.1 Å². The molecule has 0 fully saturated rings. The molecule has 0 unspecified atom stereocenters. The number of nitrogens with zero attached hydrogens (tertiary/aromatic N) is 1. The van der Waals surface area contributed by atoms with Gasteiger partial charge in [-0.3, -0.25) is 4.79 Å². The van der Waals surface area contributed by atoms with Crippen LogP contribution in [0.2, 0.25) is 5.02 Å². The van der Waals surface area contributed by atoms with Gasteiger partial charge in [-0.15, -0.1) is 0 Å². The minimum atomic E-state index is -0.181. The minimum absolute atomic E-state index is 0.0403. The maximum Gasteiger partial charge on any atom is 0.240 e. The van der Waals surface area contributed by atoms with Crippen LogP contribution in [0.3, 0.4) is 0 Å². The Morgan fingerprint density at radius 1 is 1.56 bits per heavy atom.